The van der Waals surface area contributed by atoms with Crippen molar-refractivity contribution < 1.29 is 19.5 Å². The number of aliphatic hydroxyl groups excluding tert-OH is 1. The quantitative estimate of drug-likeness (QED) is 0.558. The van der Waals surface area contributed by atoms with Gasteiger partial charge in [-0.1, -0.05) is 0 Å². The highest BCUT2D eigenvalue weighted by molar-refractivity contribution is 5.58. The molecule has 7 nitrogen and oxygen atoms in total. The molecule has 112 valence electrons. The van der Waals surface area contributed by atoms with Crippen molar-refractivity contribution in [2.75, 3.05) is 25.6 Å². The summed E-state index contributed by atoms with van der Waals surface area (Å²) >= 11 is 0. The van der Waals surface area contributed by atoms with Crippen molar-refractivity contribution in [1.82, 2.24) is 0 Å². The lowest BCUT2D eigenvalue weighted by molar-refractivity contribution is -0.386. The number of rotatable bonds is 8. The van der Waals surface area contributed by atoms with Crippen LogP contribution in [-0.2, 0) is 4.74 Å². The van der Waals surface area contributed by atoms with Crippen LogP contribution in [0.3, 0.4) is 0 Å². The minimum atomic E-state index is -0.486. The van der Waals surface area contributed by atoms with Crippen molar-refractivity contribution in [2.24, 2.45) is 0 Å². The first-order valence-electron chi connectivity index (χ1n) is 6.29. The summed E-state index contributed by atoms with van der Waals surface area (Å²) in [5, 5.41) is 23.2. The maximum atomic E-state index is 10.9. The minimum absolute atomic E-state index is 0.0865. The van der Waals surface area contributed by atoms with Gasteiger partial charge >= 0.3 is 5.69 Å². The van der Waals surface area contributed by atoms with Crippen LogP contribution in [0.2, 0.25) is 0 Å². The summed E-state index contributed by atoms with van der Waals surface area (Å²) in [6, 6.07) is 4.22. The van der Waals surface area contributed by atoms with Crippen LogP contribution in [0, 0.1) is 10.1 Å². The molecule has 0 fully saturated rings. The summed E-state index contributed by atoms with van der Waals surface area (Å²) in [6.07, 6.45) is -0.170. The van der Waals surface area contributed by atoms with Crippen molar-refractivity contribution in [3.8, 4) is 5.75 Å². The van der Waals surface area contributed by atoms with Gasteiger partial charge in [0.15, 0.2) is 5.75 Å². The van der Waals surface area contributed by atoms with Gasteiger partial charge in [-0.15, -0.1) is 0 Å². The Morgan fingerprint density at radius 1 is 1.45 bits per heavy atom. The van der Waals surface area contributed by atoms with Gasteiger partial charge in [-0.25, -0.2) is 0 Å². The monoisotopic (exact) mass is 284 g/mol. The number of nitro groups is 1. The highest BCUT2D eigenvalue weighted by Gasteiger charge is 2.17. The van der Waals surface area contributed by atoms with E-state index in [0.29, 0.717) is 12.3 Å². The van der Waals surface area contributed by atoms with Crippen molar-refractivity contribution >= 4 is 11.4 Å². The van der Waals surface area contributed by atoms with E-state index in [1.165, 1.54) is 13.2 Å². The zero-order valence-electron chi connectivity index (χ0n) is 11.8. The number of nitrogens with one attached hydrogen (secondary N) is 1. The summed E-state index contributed by atoms with van der Waals surface area (Å²) in [4.78, 5) is 10.5. The molecule has 1 aromatic rings. The molecule has 0 spiro atoms. The number of aliphatic hydroxyl groups is 1. The standard InChI is InChI=1S/C13H20N2O5/c1-9(2)20-13-6-10(4-5-12(13)15(17)18)14-11(7-16)8-19-3/h4-6,9,11,14,16H,7-8H2,1-3H3. The number of methoxy groups -OCH3 is 1. The van der Waals surface area contributed by atoms with E-state index in [2.05, 4.69) is 5.32 Å². The molecule has 20 heavy (non-hydrogen) atoms. The molecule has 2 N–H and O–H groups in total. The van der Waals surface area contributed by atoms with Gasteiger partial charge in [-0.05, 0) is 19.9 Å². The van der Waals surface area contributed by atoms with E-state index in [4.69, 9.17) is 9.47 Å². The van der Waals surface area contributed by atoms with Crippen LogP contribution in [0.1, 0.15) is 13.8 Å². The number of hydrogen-bond donors (Lipinski definition) is 2. The molecule has 0 heterocycles. The van der Waals surface area contributed by atoms with Crippen LogP contribution in [-0.4, -0.2) is 42.5 Å². The number of anilines is 1. The molecule has 0 aliphatic carbocycles. The van der Waals surface area contributed by atoms with E-state index in [-0.39, 0.29) is 30.2 Å². The molecule has 1 atom stereocenters. The molecule has 0 aliphatic heterocycles. The first-order chi connectivity index (χ1) is 9.47. The Morgan fingerprint density at radius 2 is 2.15 bits per heavy atom. The maximum Gasteiger partial charge on any atom is 0.311 e. The van der Waals surface area contributed by atoms with E-state index < -0.39 is 4.92 Å². The fourth-order valence-electron chi connectivity index (χ4n) is 1.68. The Hall–Kier alpha value is -1.86. The first-order valence-corrected chi connectivity index (χ1v) is 6.29. The van der Waals surface area contributed by atoms with Crippen LogP contribution in [0.15, 0.2) is 18.2 Å². The normalized spacial score (nSPS) is 12.2. The van der Waals surface area contributed by atoms with Crippen LogP contribution in [0.25, 0.3) is 0 Å². The Morgan fingerprint density at radius 3 is 2.65 bits per heavy atom. The number of nitro benzene ring substituents is 1. The highest BCUT2D eigenvalue weighted by atomic mass is 16.6. The van der Waals surface area contributed by atoms with E-state index in [0.717, 1.165) is 0 Å². The fourth-order valence-corrected chi connectivity index (χ4v) is 1.68. The molecule has 1 rings (SSSR count). The minimum Gasteiger partial charge on any atom is -0.484 e. The van der Waals surface area contributed by atoms with Gasteiger partial charge in [0, 0.05) is 24.9 Å². The summed E-state index contributed by atoms with van der Waals surface area (Å²) < 4.78 is 10.4. The second-order valence-corrected chi connectivity index (χ2v) is 4.59. The van der Waals surface area contributed by atoms with Gasteiger partial charge in [0.25, 0.3) is 0 Å². The first kappa shape index (κ1) is 16.2. The molecule has 0 amide bonds. The molecule has 0 radical (unpaired) electrons. The van der Waals surface area contributed by atoms with Crippen LogP contribution in [0.4, 0.5) is 11.4 Å². The van der Waals surface area contributed by atoms with Gasteiger partial charge in [-0.3, -0.25) is 10.1 Å². The van der Waals surface area contributed by atoms with Crippen molar-refractivity contribution in [2.45, 2.75) is 26.0 Å². The van der Waals surface area contributed by atoms with Gasteiger partial charge in [-0.2, -0.15) is 0 Å². The van der Waals surface area contributed by atoms with Gasteiger partial charge in [0.05, 0.1) is 30.3 Å². The van der Waals surface area contributed by atoms with Gasteiger partial charge < -0.3 is 19.9 Å². The zero-order valence-corrected chi connectivity index (χ0v) is 11.8. The van der Waals surface area contributed by atoms with E-state index in [1.54, 1.807) is 26.0 Å². The number of nitrogens with zero attached hydrogens (tertiary/aromatic N) is 1. The zero-order chi connectivity index (χ0) is 15.1. The second kappa shape index (κ2) is 7.66. The fraction of sp³-hybridized carbons (Fsp3) is 0.538. The van der Waals surface area contributed by atoms with Crippen molar-refractivity contribution in [3.05, 3.63) is 28.3 Å². The third-order valence-electron chi connectivity index (χ3n) is 2.48. The Bertz CT molecular complexity index is 450. The number of ether oxygens (including phenoxy) is 2. The SMILES string of the molecule is COCC(CO)Nc1ccc([N+](=O)[O-])c(OC(C)C)c1. The van der Waals surface area contributed by atoms with Crippen LogP contribution >= 0.6 is 0 Å². The largest absolute Gasteiger partial charge is 0.484 e. The summed E-state index contributed by atoms with van der Waals surface area (Å²) in [7, 11) is 1.54. The Kier molecular flexibility index (Phi) is 6.20. The van der Waals surface area contributed by atoms with Crippen LogP contribution < -0.4 is 10.1 Å². The molecule has 0 aromatic heterocycles. The lowest BCUT2D eigenvalue weighted by Crippen LogP contribution is -2.28. The second-order valence-electron chi connectivity index (χ2n) is 4.59. The molecule has 0 saturated heterocycles. The summed E-state index contributed by atoms with van der Waals surface area (Å²) in [5.74, 6) is 0.198. The van der Waals surface area contributed by atoms with E-state index in [9.17, 15) is 15.2 Å². The topological polar surface area (TPSA) is 93.9 Å². The van der Waals surface area contributed by atoms with E-state index >= 15 is 0 Å². The molecule has 0 saturated carbocycles. The lowest BCUT2D eigenvalue weighted by atomic mass is 10.2. The molecule has 0 aliphatic rings. The van der Waals surface area contributed by atoms with Crippen molar-refractivity contribution in [3.63, 3.8) is 0 Å². The molecule has 7 heteroatoms. The molecular weight excluding hydrogens is 264 g/mol. The summed E-state index contributed by atoms with van der Waals surface area (Å²) in [5.41, 5.74) is 0.541. The Balaban J connectivity index is 2.96. The smallest absolute Gasteiger partial charge is 0.311 e. The predicted molar refractivity (Wildman–Crippen MR) is 75.2 cm³/mol. The number of benzene rings is 1. The average molecular weight is 284 g/mol. The lowest BCUT2D eigenvalue weighted by Gasteiger charge is -2.17. The third kappa shape index (κ3) is 4.67. The molecule has 0 bridgehead atoms. The van der Waals surface area contributed by atoms with E-state index in [1.807, 2.05) is 0 Å². The predicted octanol–water partition coefficient (Wildman–Crippen LogP) is 1.80. The third-order valence-corrected chi connectivity index (χ3v) is 2.48. The Labute approximate surface area is 117 Å². The molecule has 1 aromatic carbocycles. The molecule has 1 unspecified atom stereocenters. The maximum absolute atomic E-state index is 10.9. The molecular formula is C13H20N2O5. The van der Waals surface area contributed by atoms with Gasteiger partial charge in [0.2, 0.25) is 0 Å². The summed E-state index contributed by atoms with van der Waals surface area (Å²) in [6.45, 7) is 3.82. The highest BCUT2D eigenvalue weighted by Crippen LogP contribution is 2.31. The number of hydrogen-bond acceptors (Lipinski definition) is 6. The van der Waals surface area contributed by atoms with Gasteiger partial charge in [0.1, 0.15) is 0 Å². The average Bonchev–Trinajstić information content (AvgIpc) is 2.37. The van der Waals surface area contributed by atoms with Crippen molar-refractivity contribution in [1.29, 1.82) is 0 Å². The van der Waals surface area contributed by atoms with Crippen LogP contribution in [0.5, 0.6) is 5.75 Å².